The van der Waals surface area contributed by atoms with E-state index in [1.54, 1.807) is 0 Å². The molecule has 0 radical (unpaired) electrons. The van der Waals surface area contributed by atoms with Crippen molar-refractivity contribution in [2.75, 3.05) is 26.5 Å². The van der Waals surface area contributed by atoms with Crippen LogP contribution in [0.25, 0.3) is 10.8 Å². The second-order valence-corrected chi connectivity index (χ2v) is 8.71. The van der Waals surface area contributed by atoms with Crippen LogP contribution in [-0.4, -0.2) is 39.8 Å². The van der Waals surface area contributed by atoms with Gasteiger partial charge in [-0.15, -0.1) is 0 Å². The van der Waals surface area contributed by atoms with Gasteiger partial charge >= 0.3 is 0 Å². The Hall–Kier alpha value is -2.90. The van der Waals surface area contributed by atoms with Crippen LogP contribution in [0.4, 0.5) is 5.69 Å². The third-order valence-corrected chi connectivity index (χ3v) is 6.21. The standard InChI is InChI=1S/C21H22N2O4S/c1-23(2)28(25,26)18-10-11-20(27-3)19(14-18)22-21(24)13-15-8-9-16-6-4-5-7-17(16)12-15/h4-12,14H,13H2,1-3H3,(H,22,24). The van der Waals surface area contributed by atoms with E-state index in [0.717, 1.165) is 20.6 Å². The van der Waals surface area contributed by atoms with Crippen LogP contribution in [0.1, 0.15) is 5.56 Å². The van der Waals surface area contributed by atoms with E-state index >= 15 is 0 Å². The number of amides is 1. The summed E-state index contributed by atoms with van der Waals surface area (Å²) in [5.74, 6) is 0.137. The molecule has 1 N–H and O–H groups in total. The molecular formula is C21H22N2O4S. The number of hydrogen-bond acceptors (Lipinski definition) is 4. The Labute approximate surface area is 164 Å². The van der Waals surface area contributed by atoms with Crippen molar-refractivity contribution in [3.05, 3.63) is 66.2 Å². The maximum atomic E-state index is 12.6. The summed E-state index contributed by atoms with van der Waals surface area (Å²) >= 11 is 0. The molecule has 0 aliphatic heterocycles. The first-order chi connectivity index (χ1) is 13.3. The fourth-order valence-corrected chi connectivity index (χ4v) is 3.81. The molecule has 0 aliphatic rings. The minimum absolute atomic E-state index is 0.0827. The number of benzene rings is 3. The zero-order valence-corrected chi connectivity index (χ0v) is 16.8. The van der Waals surface area contributed by atoms with Crippen LogP contribution in [0.15, 0.2) is 65.6 Å². The van der Waals surface area contributed by atoms with Gasteiger partial charge in [0.15, 0.2) is 0 Å². The van der Waals surface area contributed by atoms with E-state index in [0.29, 0.717) is 11.4 Å². The van der Waals surface area contributed by atoms with Crippen LogP contribution in [0.5, 0.6) is 5.75 Å². The molecule has 0 bridgehead atoms. The zero-order valence-electron chi connectivity index (χ0n) is 16.0. The zero-order chi connectivity index (χ0) is 20.3. The number of hydrogen-bond donors (Lipinski definition) is 1. The van der Waals surface area contributed by atoms with Gasteiger partial charge in [0.25, 0.3) is 0 Å². The Morgan fingerprint density at radius 2 is 1.71 bits per heavy atom. The first-order valence-electron chi connectivity index (χ1n) is 8.69. The molecule has 0 aliphatic carbocycles. The van der Waals surface area contributed by atoms with Gasteiger partial charge in [-0.1, -0.05) is 42.5 Å². The predicted molar refractivity (Wildman–Crippen MR) is 110 cm³/mol. The van der Waals surface area contributed by atoms with E-state index in [1.165, 1.54) is 39.4 Å². The molecule has 0 saturated carbocycles. The Morgan fingerprint density at radius 1 is 1.00 bits per heavy atom. The maximum Gasteiger partial charge on any atom is 0.242 e. The van der Waals surface area contributed by atoms with Gasteiger partial charge in [0.2, 0.25) is 15.9 Å². The highest BCUT2D eigenvalue weighted by Gasteiger charge is 2.20. The average Bonchev–Trinajstić information content (AvgIpc) is 2.67. The van der Waals surface area contributed by atoms with Gasteiger partial charge in [-0.05, 0) is 34.5 Å². The second-order valence-electron chi connectivity index (χ2n) is 6.56. The van der Waals surface area contributed by atoms with Crippen molar-refractivity contribution in [1.82, 2.24) is 4.31 Å². The summed E-state index contributed by atoms with van der Waals surface area (Å²) in [6.45, 7) is 0. The summed E-state index contributed by atoms with van der Waals surface area (Å²) in [7, 11) is 0.762. The van der Waals surface area contributed by atoms with Crippen molar-refractivity contribution in [2.24, 2.45) is 0 Å². The highest BCUT2D eigenvalue weighted by Crippen LogP contribution is 2.28. The van der Waals surface area contributed by atoms with Crippen LogP contribution in [-0.2, 0) is 21.2 Å². The summed E-state index contributed by atoms with van der Waals surface area (Å²) in [5, 5.41) is 4.93. The lowest BCUT2D eigenvalue weighted by Gasteiger charge is -2.15. The number of nitrogens with zero attached hydrogens (tertiary/aromatic N) is 1. The lowest BCUT2D eigenvalue weighted by Crippen LogP contribution is -2.22. The van der Waals surface area contributed by atoms with E-state index in [2.05, 4.69) is 5.32 Å². The molecule has 0 atom stereocenters. The minimum Gasteiger partial charge on any atom is -0.495 e. The number of fused-ring (bicyclic) bond motifs is 1. The molecule has 0 heterocycles. The smallest absolute Gasteiger partial charge is 0.242 e. The van der Waals surface area contributed by atoms with Gasteiger partial charge < -0.3 is 10.1 Å². The monoisotopic (exact) mass is 398 g/mol. The van der Waals surface area contributed by atoms with E-state index in [1.807, 2.05) is 42.5 Å². The molecule has 3 rings (SSSR count). The molecule has 0 fully saturated rings. The highest BCUT2D eigenvalue weighted by molar-refractivity contribution is 7.89. The predicted octanol–water partition coefficient (Wildman–Crippen LogP) is 3.28. The highest BCUT2D eigenvalue weighted by atomic mass is 32.2. The molecule has 3 aromatic carbocycles. The number of methoxy groups -OCH3 is 1. The van der Waals surface area contributed by atoms with Gasteiger partial charge in [-0.25, -0.2) is 12.7 Å². The van der Waals surface area contributed by atoms with Crippen molar-refractivity contribution in [3.8, 4) is 5.75 Å². The number of carbonyl (C=O) groups excluding carboxylic acids is 1. The normalized spacial score (nSPS) is 11.6. The molecule has 0 saturated heterocycles. The van der Waals surface area contributed by atoms with Crippen LogP contribution < -0.4 is 10.1 Å². The Kier molecular flexibility index (Phi) is 5.67. The number of sulfonamides is 1. The van der Waals surface area contributed by atoms with E-state index in [4.69, 9.17) is 4.74 Å². The first kappa shape index (κ1) is 19.9. The number of rotatable bonds is 6. The lowest BCUT2D eigenvalue weighted by molar-refractivity contribution is -0.115. The largest absolute Gasteiger partial charge is 0.495 e. The van der Waals surface area contributed by atoms with Crippen LogP contribution in [0, 0.1) is 0 Å². The van der Waals surface area contributed by atoms with Crippen LogP contribution in [0.3, 0.4) is 0 Å². The second kappa shape index (κ2) is 8.00. The van der Waals surface area contributed by atoms with Gasteiger partial charge in [0.1, 0.15) is 5.75 Å². The summed E-state index contributed by atoms with van der Waals surface area (Å²) < 4.78 is 31.1. The molecule has 0 aromatic heterocycles. The molecule has 0 spiro atoms. The van der Waals surface area contributed by atoms with Crippen molar-refractivity contribution in [2.45, 2.75) is 11.3 Å². The fraction of sp³-hybridized carbons (Fsp3) is 0.190. The summed E-state index contributed by atoms with van der Waals surface area (Å²) in [4.78, 5) is 12.6. The van der Waals surface area contributed by atoms with Crippen LogP contribution >= 0.6 is 0 Å². The SMILES string of the molecule is COc1ccc(S(=O)(=O)N(C)C)cc1NC(=O)Cc1ccc2ccccc2c1. The molecule has 6 nitrogen and oxygen atoms in total. The Balaban J connectivity index is 1.84. The summed E-state index contributed by atoms with van der Waals surface area (Å²) in [5.41, 5.74) is 1.18. The van der Waals surface area contributed by atoms with E-state index < -0.39 is 10.0 Å². The van der Waals surface area contributed by atoms with Crippen molar-refractivity contribution in [3.63, 3.8) is 0 Å². The van der Waals surface area contributed by atoms with Gasteiger partial charge in [0, 0.05) is 14.1 Å². The quantitative estimate of drug-likeness (QED) is 0.691. The summed E-state index contributed by atoms with van der Waals surface area (Å²) in [6.07, 6.45) is 0.165. The van der Waals surface area contributed by atoms with Gasteiger partial charge in [-0.2, -0.15) is 0 Å². The van der Waals surface area contributed by atoms with Crippen molar-refractivity contribution >= 4 is 32.4 Å². The third-order valence-electron chi connectivity index (χ3n) is 4.40. The number of nitrogens with one attached hydrogen (secondary N) is 1. The molecule has 146 valence electrons. The number of carbonyl (C=O) groups is 1. The molecule has 1 amide bonds. The lowest BCUT2D eigenvalue weighted by atomic mass is 10.0. The summed E-state index contributed by atoms with van der Waals surface area (Å²) in [6, 6.07) is 18.2. The molecule has 3 aromatic rings. The minimum atomic E-state index is -3.62. The maximum absolute atomic E-state index is 12.6. The molecule has 7 heteroatoms. The third kappa shape index (κ3) is 4.16. The fourth-order valence-electron chi connectivity index (χ4n) is 2.88. The van der Waals surface area contributed by atoms with Crippen LogP contribution in [0.2, 0.25) is 0 Å². The van der Waals surface area contributed by atoms with E-state index in [-0.39, 0.29) is 17.2 Å². The first-order valence-corrected chi connectivity index (χ1v) is 10.1. The molecule has 0 unspecified atom stereocenters. The van der Waals surface area contributed by atoms with E-state index in [9.17, 15) is 13.2 Å². The van der Waals surface area contributed by atoms with Crippen molar-refractivity contribution < 1.29 is 17.9 Å². The van der Waals surface area contributed by atoms with Gasteiger partial charge in [-0.3, -0.25) is 4.79 Å². The number of ether oxygens (including phenoxy) is 1. The van der Waals surface area contributed by atoms with Crippen molar-refractivity contribution in [1.29, 1.82) is 0 Å². The molecule has 28 heavy (non-hydrogen) atoms. The Morgan fingerprint density at radius 3 is 2.39 bits per heavy atom. The molecular weight excluding hydrogens is 376 g/mol. The average molecular weight is 398 g/mol. The number of anilines is 1. The Bertz CT molecular complexity index is 1120. The topological polar surface area (TPSA) is 75.7 Å². The van der Waals surface area contributed by atoms with Gasteiger partial charge in [0.05, 0.1) is 24.1 Å².